The van der Waals surface area contributed by atoms with Crippen LogP contribution in [-0.4, -0.2) is 9.97 Å². The van der Waals surface area contributed by atoms with E-state index in [1.54, 1.807) is 6.20 Å². The van der Waals surface area contributed by atoms with Crippen molar-refractivity contribution in [2.75, 3.05) is 5.32 Å². The van der Waals surface area contributed by atoms with E-state index in [0.29, 0.717) is 0 Å². The summed E-state index contributed by atoms with van der Waals surface area (Å²) < 4.78 is 0.983. The number of rotatable bonds is 3. The summed E-state index contributed by atoms with van der Waals surface area (Å²) in [5.74, 6) is 0.856. The molecule has 1 N–H and O–H groups in total. The van der Waals surface area contributed by atoms with Crippen LogP contribution < -0.4 is 5.32 Å². The molecule has 0 aromatic carbocycles. The van der Waals surface area contributed by atoms with Crippen molar-refractivity contribution in [1.82, 2.24) is 9.97 Å². The summed E-state index contributed by atoms with van der Waals surface area (Å²) in [4.78, 5) is 8.38. The molecule has 3 nitrogen and oxygen atoms in total. The van der Waals surface area contributed by atoms with Crippen molar-refractivity contribution in [3.05, 3.63) is 52.4 Å². The van der Waals surface area contributed by atoms with Gasteiger partial charge in [-0.05, 0) is 46.1 Å². The quantitative estimate of drug-likeness (QED) is 0.937. The van der Waals surface area contributed by atoms with Gasteiger partial charge in [-0.2, -0.15) is 0 Å². The Morgan fingerprint density at radius 3 is 2.94 bits per heavy atom. The molecule has 0 saturated heterocycles. The van der Waals surface area contributed by atoms with Gasteiger partial charge in [-0.3, -0.25) is 4.98 Å². The van der Waals surface area contributed by atoms with Gasteiger partial charge in [-0.1, -0.05) is 6.07 Å². The van der Waals surface area contributed by atoms with Crippen molar-refractivity contribution in [3.63, 3.8) is 0 Å². The van der Waals surface area contributed by atoms with Crippen molar-refractivity contribution in [3.8, 4) is 0 Å². The van der Waals surface area contributed by atoms with E-state index in [1.165, 1.54) is 0 Å². The van der Waals surface area contributed by atoms with E-state index in [1.807, 2.05) is 37.5 Å². The second-order valence-corrected chi connectivity index (χ2v) is 4.41. The fraction of sp³-hybridized carbons (Fsp3) is 0.167. The van der Waals surface area contributed by atoms with Gasteiger partial charge in [-0.25, -0.2) is 4.98 Å². The highest BCUT2D eigenvalue weighted by Crippen LogP contribution is 2.20. The van der Waals surface area contributed by atoms with Gasteiger partial charge in [-0.15, -0.1) is 0 Å². The van der Waals surface area contributed by atoms with Crippen molar-refractivity contribution in [2.24, 2.45) is 0 Å². The molecule has 2 aromatic heterocycles. The van der Waals surface area contributed by atoms with Crippen LogP contribution in [0.5, 0.6) is 0 Å². The first-order chi connectivity index (χ1) is 7.75. The number of aryl methyl sites for hydroxylation is 1. The van der Waals surface area contributed by atoms with Gasteiger partial charge in [0.1, 0.15) is 5.82 Å². The molecule has 0 unspecified atom stereocenters. The zero-order chi connectivity index (χ0) is 11.4. The Kier molecular flexibility index (Phi) is 3.51. The number of halogens is 1. The Bertz CT molecular complexity index is 471. The van der Waals surface area contributed by atoms with E-state index in [4.69, 9.17) is 0 Å². The smallest absolute Gasteiger partial charge is 0.140 e. The molecule has 2 aromatic rings. The maximum atomic E-state index is 4.31. The van der Waals surface area contributed by atoms with Gasteiger partial charge in [0, 0.05) is 25.1 Å². The van der Waals surface area contributed by atoms with Crippen molar-refractivity contribution >= 4 is 21.7 Å². The molecule has 0 aliphatic rings. The van der Waals surface area contributed by atoms with E-state index in [-0.39, 0.29) is 0 Å². The van der Waals surface area contributed by atoms with Crippen LogP contribution in [0, 0.1) is 6.92 Å². The van der Waals surface area contributed by atoms with Gasteiger partial charge >= 0.3 is 0 Å². The lowest BCUT2D eigenvalue weighted by molar-refractivity contribution is 1.08. The summed E-state index contributed by atoms with van der Waals surface area (Å²) in [7, 11) is 0. The molecule has 0 aliphatic carbocycles. The molecule has 0 radical (unpaired) electrons. The molecule has 16 heavy (non-hydrogen) atoms. The first-order valence-electron chi connectivity index (χ1n) is 5.00. The van der Waals surface area contributed by atoms with E-state index >= 15 is 0 Å². The largest absolute Gasteiger partial charge is 0.365 e. The van der Waals surface area contributed by atoms with Crippen LogP contribution in [0.15, 0.2) is 41.3 Å². The third-order valence-electron chi connectivity index (χ3n) is 2.16. The summed E-state index contributed by atoms with van der Waals surface area (Å²) in [6.45, 7) is 2.74. The zero-order valence-electron chi connectivity index (χ0n) is 8.94. The Morgan fingerprint density at radius 2 is 2.25 bits per heavy atom. The van der Waals surface area contributed by atoms with Crippen LogP contribution in [0.1, 0.15) is 11.1 Å². The zero-order valence-corrected chi connectivity index (χ0v) is 10.5. The normalized spacial score (nSPS) is 10.1. The minimum Gasteiger partial charge on any atom is -0.365 e. The molecule has 2 heterocycles. The summed E-state index contributed by atoms with van der Waals surface area (Å²) in [6.07, 6.45) is 5.45. The standard InChI is InChI=1S/C12H12BrN3/c1-9-5-11(13)12(15-6-9)16-8-10-3-2-4-14-7-10/h2-7H,8H2,1H3,(H,15,16). The lowest BCUT2D eigenvalue weighted by atomic mass is 10.3. The Labute approximate surface area is 103 Å². The minimum absolute atomic E-state index is 0.725. The van der Waals surface area contributed by atoms with Crippen LogP contribution in [0.2, 0.25) is 0 Å². The van der Waals surface area contributed by atoms with Crippen LogP contribution in [0.3, 0.4) is 0 Å². The lowest BCUT2D eigenvalue weighted by Gasteiger charge is -2.07. The Balaban J connectivity index is 2.05. The van der Waals surface area contributed by atoms with Crippen molar-refractivity contribution in [2.45, 2.75) is 13.5 Å². The molecule has 0 saturated carbocycles. The number of aromatic nitrogens is 2. The number of nitrogens with one attached hydrogen (secondary N) is 1. The van der Waals surface area contributed by atoms with E-state index in [2.05, 4.69) is 31.2 Å². The highest BCUT2D eigenvalue weighted by molar-refractivity contribution is 9.10. The van der Waals surface area contributed by atoms with Crippen LogP contribution in [0.4, 0.5) is 5.82 Å². The monoisotopic (exact) mass is 277 g/mol. The van der Waals surface area contributed by atoms with Gasteiger partial charge in [0.25, 0.3) is 0 Å². The van der Waals surface area contributed by atoms with Crippen LogP contribution >= 0.6 is 15.9 Å². The molecular weight excluding hydrogens is 266 g/mol. The average molecular weight is 278 g/mol. The molecule has 82 valence electrons. The summed E-state index contributed by atoms with van der Waals surface area (Å²) >= 11 is 3.48. The van der Waals surface area contributed by atoms with E-state index < -0.39 is 0 Å². The summed E-state index contributed by atoms with van der Waals surface area (Å²) in [6, 6.07) is 6.00. The number of anilines is 1. The Hall–Kier alpha value is -1.42. The van der Waals surface area contributed by atoms with Gasteiger partial charge in [0.05, 0.1) is 4.47 Å². The fourth-order valence-corrected chi connectivity index (χ4v) is 1.96. The minimum atomic E-state index is 0.725. The van der Waals surface area contributed by atoms with Gasteiger partial charge in [0.15, 0.2) is 0 Å². The molecule has 0 bridgehead atoms. The maximum absolute atomic E-state index is 4.31. The maximum Gasteiger partial charge on any atom is 0.140 e. The van der Waals surface area contributed by atoms with E-state index in [0.717, 1.165) is 28.0 Å². The predicted molar refractivity (Wildman–Crippen MR) is 68.2 cm³/mol. The number of hydrogen-bond donors (Lipinski definition) is 1. The molecule has 0 amide bonds. The lowest BCUT2D eigenvalue weighted by Crippen LogP contribution is -2.02. The summed E-state index contributed by atoms with van der Waals surface area (Å²) in [5, 5.41) is 3.26. The number of hydrogen-bond acceptors (Lipinski definition) is 3. The van der Waals surface area contributed by atoms with Crippen molar-refractivity contribution < 1.29 is 0 Å². The molecular formula is C12H12BrN3. The van der Waals surface area contributed by atoms with Crippen molar-refractivity contribution in [1.29, 1.82) is 0 Å². The predicted octanol–water partition coefficient (Wildman–Crippen LogP) is 3.16. The molecule has 4 heteroatoms. The molecule has 2 rings (SSSR count). The summed E-state index contributed by atoms with van der Waals surface area (Å²) in [5.41, 5.74) is 2.27. The third kappa shape index (κ3) is 2.79. The van der Waals surface area contributed by atoms with E-state index in [9.17, 15) is 0 Å². The third-order valence-corrected chi connectivity index (χ3v) is 2.77. The fourth-order valence-electron chi connectivity index (χ4n) is 1.35. The second kappa shape index (κ2) is 5.07. The second-order valence-electron chi connectivity index (χ2n) is 3.56. The molecule has 0 aliphatic heterocycles. The Morgan fingerprint density at radius 1 is 1.38 bits per heavy atom. The first kappa shape index (κ1) is 11.1. The SMILES string of the molecule is Cc1cnc(NCc2cccnc2)c(Br)c1. The topological polar surface area (TPSA) is 37.8 Å². The van der Waals surface area contributed by atoms with Gasteiger partial charge < -0.3 is 5.32 Å². The number of pyridine rings is 2. The highest BCUT2D eigenvalue weighted by Gasteiger charge is 2.00. The number of nitrogens with zero attached hydrogens (tertiary/aromatic N) is 2. The molecule has 0 atom stereocenters. The average Bonchev–Trinajstić information content (AvgIpc) is 2.29. The highest BCUT2D eigenvalue weighted by atomic mass is 79.9. The molecule has 0 spiro atoms. The van der Waals surface area contributed by atoms with Crippen LogP contribution in [-0.2, 0) is 6.54 Å². The van der Waals surface area contributed by atoms with Crippen LogP contribution in [0.25, 0.3) is 0 Å². The first-order valence-corrected chi connectivity index (χ1v) is 5.80. The molecule has 0 fully saturated rings. The van der Waals surface area contributed by atoms with Gasteiger partial charge in [0.2, 0.25) is 0 Å².